The van der Waals surface area contributed by atoms with E-state index in [0.29, 0.717) is 13.2 Å². The van der Waals surface area contributed by atoms with E-state index in [1.165, 1.54) is 0 Å². The van der Waals surface area contributed by atoms with Gasteiger partial charge in [0.2, 0.25) is 0 Å². The Hall–Kier alpha value is -1.33. The van der Waals surface area contributed by atoms with Gasteiger partial charge in [-0.2, -0.15) is 0 Å². The molecule has 5 heteroatoms. The molecule has 1 saturated heterocycles. The van der Waals surface area contributed by atoms with Crippen molar-refractivity contribution in [1.82, 2.24) is 4.90 Å². The molecule has 110 valence electrons. The first-order valence-electron chi connectivity index (χ1n) is 6.85. The summed E-state index contributed by atoms with van der Waals surface area (Å²) in [7, 11) is 0. The van der Waals surface area contributed by atoms with Gasteiger partial charge in [-0.3, -0.25) is 9.69 Å². The fourth-order valence-corrected chi connectivity index (χ4v) is 2.46. The molecule has 1 aromatic rings. The normalized spacial score (nSPS) is 23.8. The van der Waals surface area contributed by atoms with Crippen LogP contribution in [0.2, 0.25) is 0 Å². The van der Waals surface area contributed by atoms with E-state index in [4.69, 9.17) is 4.74 Å². The third-order valence-electron chi connectivity index (χ3n) is 3.63. The van der Waals surface area contributed by atoms with Gasteiger partial charge >= 0.3 is 0 Å². The van der Waals surface area contributed by atoms with Crippen LogP contribution in [0.1, 0.15) is 30.6 Å². The summed E-state index contributed by atoms with van der Waals surface area (Å²) in [6, 6.07) is 3.11. The first kappa shape index (κ1) is 15.1. The zero-order valence-electron chi connectivity index (χ0n) is 11.7. The lowest BCUT2D eigenvalue weighted by atomic mass is 10.1. The van der Waals surface area contributed by atoms with Crippen LogP contribution >= 0.6 is 0 Å². The molecule has 0 amide bonds. The van der Waals surface area contributed by atoms with Gasteiger partial charge in [-0.15, -0.1) is 0 Å². The Kier molecular flexibility index (Phi) is 4.83. The van der Waals surface area contributed by atoms with Crippen LogP contribution in [0.5, 0.6) is 0 Å². The van der Waals surface area contributed by atoms with Crippen LogP contribution in [0.25, 0.3) is 0 Å². The predicted octanol–water partition coefficient (Wildman–Crippen LogP) is 2.65. The summed E-state index contributed by atoms with van der Waals surface area (Å²) < 4.78 is 32.3. The molecule has 0 aliphatic carbocycles. The number of benzene rings is 1. The highest BCUT2D eigenvalue weighted by atomic mass is 19.1. The highest BCUT2D eigenvalue weighted by molar-refractivity contribution is 5.97. The monoisotopic (exact) mass is 283 g/mol. The summed E-state index contributed by atoms with van der Waals surface area (Å²) in [5.74, 6) is -1.67. The lowest BCUT2D eigenvalue weighted by molar-refractivity contribution is -0.0523. The van der Waals surface area contributed by atoms with E-state index >= 15 is 0 Å². The Bertz CT molecular complexity index is 493. The van der Waals surface area contributed by atoms with Gasteiger partial charge in [-0.05, 0) is 31.5 Å². The zero-order valence-corrected chi connectivity index (χ0v) is 11.7. The maximum Gasteiger partial charge on any atom is 0.179 e. The fraction of sp³-hybridized carbons (Fsp3) is 0.533. The molecular weight excluding hydrogens is 264 g/mol. The van der Waals surface area contributed by atoms with Crippen LogP contribution in [0.15, 0.2) is 18.2 Å². The number of hydrogen-bond donors (Lipinski definition) is 0. The molecule has 2 rings (SSSR count). The fourth-order valence-electron chi connectivity index (χ4n) is 2.46. The van der Waals surface area contributed by atoms with Gasteiger partial charge in [0.05, 0.1) is 24.8 Å². The Morgan fingerprint density at radius 2 is 2.20 bits per heavy atom. The molecule has 0 aromatic heterocycles. The molecular formula is C15H19F2NO2. The number of ether oxygens (including phenoxy) is 1. The van der Waals surface area contributed by atoms with Crippen molar-refractivity contribution in [1.29, 1.82) is 0 Å². The molecule has 0 bridgehead atoms. The van der Waals surface area contributed by atoms with E-state index in [2.05, 4.69) is 0 Å². The second-order valence-electron chi connectivity index (χ2n) is 5.18. The molecule has 1 heterocycles. The lowest BCUT2D eigenvalue weighted by Crippen LogP contribution is -2.50. The molecule has 1 fully saturated rings. The van der Waals surface area contributed by atoms with Gasteiger partial charge in [0.15, 0.2) is 5.78 Å². The Morgan fingerprint density at radius 1 is 1.45 bits per heavy atom. The summed E-state index contributed by atoms with van der Waals surface area (Å²) in [6.07, 6.45) is 0.897. The molecule has 2 atom stereocenters. The molecule has 0 saturated carbocycles. The van der Waals surface area contributed by atoms with Gasteiger partial charge in [-0.1, -0.05) is 6.92 Å². The topological polar surface area (TPSA) is 29.5 Å². The van der Waals surface area contributed by atoms with Crippen LogP contribution < -0.4 is 0 Å². The summed E-state index contributed by atoms with van der Waals surface area (Å²) in [5, 5.41) is 0. The van der Waals surface area contributed by atoms with Crippen LogP contribution in [0, 0.1) is 11.6 Å². The second-order valence-corrected chi connectivity index (χ2v) is 5.18. The molecule has 3 nitrogen and oxygen atoms in total. The van der Waals surface area contributed by atoms with Crippen molar-refractivity contribution in [3.63, 3.8) is 0 Å². The number of hydrogen-bond acceptors (Lipinski definition) is 3. The van der Waals surface area contributed by atoms with Crippen molar-refractivity contribution >= 4 is 5.78 Å². The number of carbonyl (C=O) groups excluding carboxylic acids is 1. The zero-order chi connectivity index (χ0) is 14.7. The van der Waals surface area contributed by atoms with Gasteiger partial charge in [0.1, 0.15) is 11.6 Å². The maximum absolute atomic E-state index is 13.6. The van der Waals surface area contributed by atoms with Crippen LogP contribution in [0.3, 0.4) is 0 Å². The van der Waals surface area contributed by atoms with Crippen molar-refractivity contribution in [2.24, 2.45) is 0 Å². The minimum Gasteiger partial charge on any atom is -0.376 e. The van der Waals surface area contributed by atoms with Gasteiger partial charge < -0.3 is 4.74 Å². The van der Waals surface area contributed by atoms with Crippen molar-refractivity contribution in [3.05, 3.63) is 35.4 Å². The number of Topliss-reactive ketones (excluding diaryl/α,β-unsaturated/α-hetero) is 1. The highest BCUT2D eigenvalue weighted by Crippen LogP contribution is 2.17. The van der Waals surface area contributed by atoms with E-state index < -0.39 is 17.4 Å². The molecule has 1 aliphatic rings. The molecule has 1 aliphatic heterocycles. The van der Waals surface area contributed by atoms with E-state index in [-0.39, 0.29) is 24.3 Å². The van der Waals surface area contributed by atoms with Crippen molar-refractivity contribution < 1.29 is 18.3 Å². The Labute approximate surface area is 117 Å². The minimum atomic E-state index is -0.675. The number of halogens is 2. The maximum atomic E-state index is 13.6. The molecule has 1 aromatic carbocycles. The third kappa shape index (κ3) is 3.41. The van der Waals surface area contributed by atoms with E-state index in [9.17, 15) is 13.6 Å². The first-order chi connectivity index (χ1) is 9.51. The van der Waals surface area contributed by atoms with Crippen molar-refractivity contribution in [2.75, 3.05) is 19.7 Å². The van der Waals surface area contributed by atoms with Crippen LogP contribution in [-0.2, 0) is 4.74 Å². The van der Waals surface area contributed by atoms with E-state index in [1.807, 2.05) is 18.7 Å². The smallest absolute Gasteiger partial charge is 0.179 e. The summed E-state index contributed by atoms with van der Waals surface area (Å²) in [5.41, 5.74) is -0.181. The minimum absolute atomic E-state index is 0.0444. The quantitative estimate of drug-likeness (QED) is 0.796. The van der Waals surface area contributed by atoms with Crippen molar-refractivity contribution in [3.8, 4) is 0 Å². The Morgan fingerprint density at radius 3 is 2.90 bits per heavy atom. The average molecular weight is 283 g/mol. The number of rotatable bonds is 4. The first-order valence-corrected chi connectivity index (χ1v) is 6.85. The molecule has 0 spiro atoms. The summed E-state index contributed by atoms with van der Waals surface area (Å²) in [4.78, 5) is 14.2. The highest BCUT2D eigenvalue weighted by Gasteiger charge is 2.28. The number of carbonyl (C=O) groups is 1. The van der Waals surface area contributed by atoms with Crippen LogP contribution in [-0.4, -0.2) is 42.5 Å². The third-order valence-corrected chi connectivity index (χ3v) is 3.63. The van der Waals surface area contributed by atoms with E-state index in [0.717, 1.165) is 24.6 Å². The lowest BCUT2D eigenvalue weighted by Gasteiger charge is -2.37. The summed E-state index contributed by atoms with van der Waals surface area (Å²) in [6.45, 7) is 5.24. The number of nitrogens with zero attached hydrogens (tertiary/aromatic N) is 1. The largest absolute Gasteiger partial charge is 0.376 e. The van der Waals surface area contributed by atoms with Gasteiger partial charge in [-0.25, -0.2) is 8.78 Å². The van der Waals surface area contributed by atoms with Gasteiger partial charge in [0, 0.05) is 12.6 Å². The predicted molar refractivity (Wildman–Crippen MR) is 71.8 cm³/mol. The molecule has 20 heavy (non-hydrogen) atoms. The standard InChI is InChI=1S/C15H19F2NO2/c1-3-12-9-20-10(2)7-18(12)8-15(19)13-6-11(16)4-5-14(13)17/h4-6,10,12H,3,7-9H2,1-2H3. The van der Waals surface area contributed by atoms with Crippen molar-refractivity contribution in [2.45, 2.75) is 32.4 Å². The number of ketones is 1. The summed E-state index contributed by atoms with van der Waals surface area (Å²) >= 11 is 0. The molecule has 0 radical (unpaired) electrons. The van der Waals surface area contributed by atoms with Crippen LogP contribution in [0.4, 0.5) is 8.78 Å². The number of morpholine rings is 1. The molecule has 0 N–H and O–H groups in total. The SMILES string of the molecule is CCC1COC(C)CN1CC(=O)c1cc(F)ccc1F. The second kappa shape index (κ2) is 6.41. The van der Waals surface area contributed by atoms with E-state index in [1.54, 1.807) is 0 Å². The van der Waals surface area contributed by atoms with Gasteiger partial charge in [0.25, 0.3) is 0 Å². The average Bonchev–Trinajstić information content (AvgIpc) is 2.41. The molecule has 2 unspecified atom stereocenters. The Balaban J connectivity index is 2.11.